The number of nitrogens with one attached hydrogen (secondary N) is 3. The van der Waals surface area contributed by atoms with Crippen LogP contribution in [0.15, 0.2) is 60.7 Å². The molecular formula is C23H24N4O3. The highest BCUT2D eigenvalue weighted by molar-refractivity contribution is 6.00. The lowest BCUT2D eigenvalue weighted by Gasteiger charge is -2.22. The summed E-state index contributed by atoms with van der Waals surface area (Å²) < 4.78 is 0. The van der Waals surface area contributed by atoms with Crippen LogP contribution >= 0.6 is 0 Å². The van der Waals surface area contributed by atoms with Crippen LogP contribution in [0.1, 0.15) is 40.3 Å². The summed E-state index contributed by atoms with van der Waals surface area (Å²) in [6, 6.07) is 17.1. The molecule has 0 bridgehead atoms. The molecule has 1 unspecified atom stereocenters. The zero-order chi connectivity index (χ0) is 21.7. The predicted octanol–water partition coefficient (Wildman–Crippen LogP) is 2.76. The van der Waals surface area contributed by atoms with Crippen molar-refractivity contribution in [2.75, 3.05) is 0 Å². The van der Waals surface area contributed by atoms with Gasteiger partial charge in [-0.05, 0) is 36.6 Å². The highest BCUT2D eigenvalue weighted by atomic mass is 16.2. The summed E-state index contributed by atoms with van der Waals surface area (Å²) in [7, 11) is 0. The molecule has 30 heavy (non-hydrogen) atoms. The van der Waals surface area contributed by atoms with Crippen molar-refractivity contribution >= 4 is 28.6 Å². The molecule has 0 aliphatic rings. The summed E-state index contributed by atoms with van der Waals surface area (Å²) in [5.41, 5.74) is 6.94. The van der Waals surface area contributed by atoms with Gasteiger partial charge in [-0.2, -0.15) is 0 Å². The van der Waals surface area contributed by atoms with E-state index < -0.39 is 17.9 Å². The summed E-state index contributed by atoms with van der Waals surface area (Å²) in [5, 5.41) is 3.66. The first-order valence-electron chi connectivity index (χ1n) is 9.69. The van der Waals surface area contributed by atoms with E-state index in [-0.39, 0.29) is 17.5 Å². The second kappa shape index (κ2) is 9.17. The number of carbonyl (C=O) groups excluding carboxylic acids is 3. The van der Waals surface area contributed by atoms with Crippen LogP contribution in [0.25, 0.3) is 10.9 Å². The van der Waals surface area contributed by atoms with E-state index in [9.17, 15) is 14.4 Å². The van der Waals surface area contributed by atoms with Gasteiger partial charge in [-0.25, -0.2) is 4.98 Å². The quantitative estimate of drug-likeness (QED) is 0.569. The molecule has 0 fully saturated rings. The molecule has 1 atom stereocenters. The summed E-state index contributed by atoms with van der Waals surface area (Å²) >= 11 is 0. The summed E-state index contributed by atoms with van der Waals surface area (Å²) in [6.45, 7) is 5.46. The molecule has 2 aromatic carbocycles. The lowest BCUT2D eigenvalue weighted by Crippen LogP contribution is -2.54. The minimum absolute atomic E-state index is 0.180. The van der Waals surface area contributed by atoms with Crippen molar-refractivity contribution in [1.82, 2.24) is 21.2 Å². The number of benzene rings is 2. The van der Waals surface area contributed by atoms with Gasteiger partial charge in [0.05, 0.1) is 5.52 Å². The topological polar surface area (TPSA) is 100 Å². The Morgan fingerprint density at radius 2 is 1.53 bits per heavy atom. The van der Waals surface area contributed by atoms with Crippen molar-refractivity contribution in [3.63, 3.8) is 0 Å². The molecule has 0 saturated carbocycles. The Bertz CT molecular complexity index is 1090. The van der Waals surface area contributed by atoms with Crippen LogP contribution in [-0.2, 0) is 4.79 Å². The molecule has 7 heteroatoms. The molecule has 7 nitrogen and oxygen atoms in total. The number of nitrogens with zero attached hydrogens (tertiary/aromatic N) is 1. The van der Waals surface area contributed by atoms with Gasteiger partial charge in [-0.3, -0.25) is 25.2 Å². The Morgan fingerprint density at radius 1 is 0.833 bits per heavy atom. The average molecular weight is 404 g/mol. The average Bonchev–Trinajstić information content (AvgIpc) is 2.75. The first-order valence-corrected chi connectivity index (χ1v) is 9.69. The number of para-hydroxylation sites is 1. The molecule has 3 rings (SSSR count). The van der Waals surface area contributed by atoms with Crippen LogP contribution in [0.5, 0.6) is 0 Å². The van der Waals surface area contributed by atoms with E-state index in [0.29, 0.717) is 11.1 Å². The maximum absolute atomic E-state index is 12.6. The van der Waals surface area contributed by atoms with Crippen LogP contribution < -0.4 is 16.2 Å². The number of aryl methyl sites for hydroxylation is 1. The third kappa shape index (κ3) is 4.81. The number of aromatic nitrogens is 1. The molecule has 3 amide bonds. The molecule has 0 aliphatic heterocycles. The number of hydrazine groups is 1. The Morgan fingerprint density at radius 3 is 2.27 bits per heavy atom. The fourth-order valence-electron chi connectivity index (χ4n) is 3.03. The number of rotatable bonds is 5. The van der Waals surface area contributed by atoms with E-state index >= 15 is 0 Å². The molecule has 0 radical (unpaired) electrons. The highest BCUT2D eigenvalue weighted by Gasteiger charge is 2.25. The number of hydrogen-bond acceptors (Lipinski definition) is 4. The van der Waals surface area contributed by atoms with Crippen LogP contribution in [0, 0.1) is 12.8 Å². The number of carbonyl (C=O) groups is 3. The van der Waals surface area contributed by atoms with E-state index in [1.54, 1.807) is 30.3 Å². The van der Waals surface area contributed by atoms with Gasteiger partial charge in [0.15, 0.2) is 0 Å². The molecule has 0 saturated heterocycles. The number of amides is 3. The smallest absolute Gasteiger partial charge is 0.288 e. The molecular weight excluding hydrogens is 380 g/mol. The Labute approximate surface area is 174 Å². The molecule has 154 valence electrons. The molecule has 1 aromatic heterocycles. The lowest BCUT2D eigenvalue weighted by atomic mass is 10.0. The summed E-state index contributed by atoms with van der Waals surface area (Å²) in [5.74, 6) is -1.58. The summed E-state index contributed by atoms with van der Waals surface area (Å²) in [4.78, 5) is 41.9. The lowest BCUT2D eigenvalue weighted by molar-refractivity contribution is -0.124. The first-order chi connectivity index (χ1) is 14.4. The zero-order valence-electron chi connectivity index (χ0n) is 17.1. The minimum atomic E-state index is -0.818. The van der Waals surface area contributed by atoms with E-state index in [0.717, 1.165) is 10.9 Å². The summed E-state index contributed by atoms with van der Waals surface area (Å²) in [6.07, 6.45) is 0. The van der Waals surface area contributed by atoms with E-state index in [4.69, 9.17) is 0 Å². The van der Waals surface area contributed by atoms with Crippen molar-refractivity contribution in [3.8, 4) is 0 Å². The van der Waals surface area contributed by atoms with Crippen LogP contribution in [0.3, 0.4) is 0 Å². The number of fused-ring (bicyclic) bond motifs is 1. The second-order valence-electron chi connectivity index (χ2n) is 7.34. The maximum atomic E-state index is 12.6. The zero-order valence-corrected chi connectivity index (χ0v) is 17.1. The standard InChI is InChI=1S/C23H24N4O3/c1-14(2)20(25-21(28)17-10-6-4-8-15(17)3)23(30)27-26-22(29)19-13-12-16-9-5-7-11-18(16)24-19/h4-14,20H,1-3H3,(H,25,28)(H,26,29)(H,27,30). The van der Waals surface area contributed by atoms with Gasteiger partial charge in [-0.15, -0.1) is 0 Å². The van der Waals surface area contributed by atoms with Crippen molar-refractivity contribution in [2.45, 2.75) is 26.8 Å². The third-order valence-electron chi connectivity index (χ3n) is 4.76. The van der Waals surface area contributed by atoms with Gasteiger partial charge in [0, 0.05) is 10.9 Å². The van der Waals surface area contributed by atoms with Gasteiger partial charge in [0.1, 0.15) is 11.7 Å². The van der Waals surface area contributed by atoms with Crippen molar-refractivity contribution in [1.29, 1.82) is 0 Å². The van der Waals surface area contributed by atoms with Crippen molar-refractivity contribution in [3.05, 3.63) is 77.5 Å². The fourth-order valence-corrected chi connectivity index (χ4v) is 3.03. The SMILES string of the molecule is Cc1ccccc1C(=O)NC(C(=O)NNC(=O)c1ccc2ccccc2n1)C(C)C. The number of hydrogen-bond donors (Lipinski definition) is 3. The van der Waals surface area contributed by atoms with Crippen LogP contribution in [-0.4, -0.2) is 28.7 Å². The fraction of sp³-hybridized carbons (Fsp3) is 0.217. The molecule has 1 heterocycles. The van der Waals surface area contributed by atoms with Gasteiger partial charge in [0.2, 0.25) is 0 Å². The Hall–Kier alpha value is -3.74. The second-order valence-corrected chi connectivity index (χ2v) is 7.34. The minimum Gasteiger partial charge on any atom is -0.340 e. The largest absolute Gasteiger partial charge is 0.340 e. The molecule has 0 aliphatic carbocycles. The van der Waals surface area contributed by atoms with Crippen molar-refractivity contribution < 1.29 is 14.4 Å². The van der Waals surface area contributed by atoms with Gasteiger partial charge < -0.3 is 5.32 Å². The van der Waals surface area contributed by atoms with E-state index in [1.807, 2.05) is 51.1 Å². The van der Waals surface area contributed by atoms with E-state index in [1.165, 1.54) is 0 Å². The highest BCUT2D eigenvalue weighted by Crippen LogP contribution is 2.12. The predicted molar refractivity (Wildman–Crippen MR) is 115 cm³/mol. The normalized spacial score (nSPS) is 11.7. The van der Waals surface area contributed by atoms with Crippen LogP contribution in [0.4, 0.5) is 0 Å². The van der Waals surface area contributed by atoms with Gasteiger partial charge >= 0.3 is 0 Å². The van der Waals surface area contributed by atoms with Gasteiger partial charge in [-0.1, -0.05) is 56.3 Å². The molecule has 3 aromatic rings. The van der Waals surface area contributed by atoms with Gasteiger partial charge in [0.25, 0.3) is 17.7 Å². The number of pyridine rings is 1. The Kier molecular flexibility index (Phi) is 6.41. The molecule has 0 spiro atoms. The van der Waals surface area contributed by atoms with Crippen molar-refractivity contribution in [2.24, 2.45) is 5.92 Å². The maximum Gasteiger partial charge on any atom is 0.288 e. The monoisotopic (exact) mass is 404 g/mol. The van der Waals surface area contributed by atoms with Crippen LogP contribution in [0.2, 0.25) is 0 Å². The Balaban J connectivity index is 1.65. The first kappa shape index (κ1) is 21.0. The third-order valence-corrected chi connectivity index (χ3v) is 4.76. The van der Waals surface area contributed by atoms with E-state index in [2.05, 4.69) is 21.2 Å². The molecule has 3 N–H and O–H groups in total.